The van der Waals surface area contributed by atoms with Crippen molar-refractivity contribution in [2.45, 2.75) is 19.8 Å². The lowest BCUT2D eigenvalue weighted by atomic mass is 10.2. The van der Waals surface area contributed by atoms with Crippen LogP contribution in [0.3, 0.4) is 0 Å². The van der Waals surface area contributed by atoms with E-state index < -0.39 is 0 Å². The van der Waals surface area contributed by atoms with E-state index in [0.29, 0.717) is 45.8 Å². The summed E-state index contributed by atoms with van der Waals surface area (Å²) >= 11 is 0. The Morgan fingerprint density at radius 1 is 1.08 bits per heavy atom. The Labute approximate surface area is 142 Å². The molecule has 2 amide bonds. The number of nitrogens with one attached hydrogen (secondary N) is 2. The second-order valence-corrected chi connectivity index (χ2v) is 5.08. The molecule has 1 rings (SSSR count). The van der Waals surface area contributed by atoms with Gasteiger partial charge in [0.15, 0.2) is 0 Å². The Morgan fingerprint density at radius 3 is 2.38 bits per heavy atom. The Balaban J connectivity index is 1.97. The number of hydrogen-bond acceptors (Lipinski definition) is 4. The minimum atomic E-state index is -0.0693. The Hall–Kier alpha value is -2.36. The number of carbonyl (C=O) groups is 2. The van der Waals surface area contributed by atoms with E-state index in [4.69, 9.17) is 15.9 Å². The molecular weight excluding hydrogens is 308 g/mol. The zero-order valence-corrected chi connectivity index (χ0v) is 14.0. The van der Waals surface area contributed by atoms with Crippen molar-refractivity contribution in [3.8, 4) is 12.3 Å². The van der Waals surface area contributed by atoms with Gasteiger partial charge in [0.2, 0.25) is 11.8 Å². The van der Waals surface area contributed by atoms with Gasteiger partial charge in [0.1, 0.15) is 0 Å². The molecule has 0 unspecified atom stereocenters. The first-order valence-corrected chi connectivity index (χ1v) is 7.88. The molecule has 130 valence electrons. The summed E-state index contributed by atoms with van der Waals surface area (Å²) in [5.74, 6) is 2.40. The largest absolute Gasteiger partial charge is 0.379 e. The van der Waals surface area contributed by atoms with Gasteiger partial charge in [-0.1, -0.05) is 5.92 Å². The lowest BCUT2D eigenvalue weighted by Gasteiger charge is -2.07. The van der Waals surface area contributed by atoms with Crippen LogP contribution in [-0.4, -0.2) is 44.8 Å². The van der Waals surface area contributed by atoms with Crippen molar-refractivity contribution in [3.63, 3.8) is 0 Å². The maximum atomic E-state index is 11.8. The van der Waals surface area contributed by atoms with E-state index >= 15 is 0 Å². The highest BCUT2D eigenvalue weighted by atomic mass is 16.5. The van der Waals surface area contributed by atoms with Crippen molar-refractivity contribution < 1.29 is 19.1 Å². The summed E-state index contributed by atoms with van der Waals surface area (Å²) in [6, 6.07) is 7.12. The van der Waals surface area contributed by atoms with Crippen LogP contribution in [0.1, 0.15) is 25.3 Å². The molecule has 0 fully saturated rings. The van der Waals surface area contributed by atoms with E-state index in [1.807, 2.05) is 0 Å². The molecule has 1 aromatic rings. The molecule has 0 radical (unpaired) electrons. The molecule has 0 aliphatic carbocycles. The summed E-state index contributed by atoms with van der Waals surface area (Å²) in [6.07, 6.45) is 6.30. The third-order valence-electron chi connectivity index (χ3n) is 3.02. The molecule has 0 aliphatic rings. The first-order valence-electron chi connectivity index (χ1n) is 7.88. The smallest absolute Gasteiger partial charge is 0.224 e. The number of anilines is 1. The molecule has 1 aromatic carbocycles. The van der Waals surface area contributed by atoms with E-state index in [1.54, 1.807) is 24.3 Å². The number of benzene rings is 1. The summed E-state index contributed by atoms with van der Waals surface area (Å²) < 4.78 is 10.7. The standard InChI is InChI=1S/C18H24N2O4/c1-3-16-6-8-17(9-7-16)20-18(22)5-4-11-23-13-14-24-12-10-19-15(2)21/h1,6-9H,4-5,10-14H2,2H3,(H,19,21)(H,20,22). The number of terminal acetylenes is 1. The van der Waals surface area contributed by atoms with Crippen molar-refractivity contribution in [3.05, 3.63) is 29.8 Å². The fourth-order valence-electron chi connectivity index (χ4n) is 1.83. The van der Waals surface area contributed by atoms with Crippen LogP contribution < -0.4 is 10.6 Å². The molecule has 0 bridgehead atoms. The molecule has 6 heteroatoms. The monoisotopic (exact) mass is 332 g/mol. The number of rotatable bonds is 11. The summed E-state index contributed by atoms with van der Waals surface area (Å²) in [6.45, 7) is 3.86. The summed E-state index contributed by atoms with van der Waals surface area (Å²) in [7, 11) is 0. The SMILES string of the molecule is C#Cc1ccc(NC(=O)CCCOCCOCCNC(C)=O)cc1. The highest BCUT2D eigenvalue weighted by Gasteiger charge is 2.02. The highest BCUT2D eigenvalue weighted by molar-refractivity contribution is 5.90. The first kappa shape index (κ1) is 19.7. The van der Waals surface area contributed by atoms with Gasteiger partial charge in [-0.25, -0.2) is 0 Å². The lowest BCUT2D eigenvalue weighted by Crippen LogP contribution is -2.24. The zero-order valence-electron chi connectivity index (χ0n) is 14.0. The maximum Gasteiger partial charge on any atom is 0.224 e. The molecule has 24 heavy (non-hydrogen) atoms. The minimum Gasteiger partial charge on any atom is -0.379 e. The molecule has 0 spiro atoms. The van der Waals surface area contributed by atoms with Gasteiger partial charge in [-0.3, -0.25) is 9.59 Å². The van der Waals surface area contributed by atoms with Crippen LogP contribution in [0.25, 0.3) is 0 Å². The van der Waals surface area contributed by atoms with Crippen LogP contribution >= 0.6 is 0 Å². The zero-order chi connectivity index (χ0) is 17.6. The molecule has 6 nitrogen and oxygen atoms in total. The van der Waals surface area contributed by atoms with Crippen LogP contribution in [-0.2, 0) is 19.1 Å². The molecule has 0 saturated carbocycles. The van der Waals surface area contributed by atoms with E-state index in [1.165, 1.54) is 6.92 Å². The van der Waals surface area contributed by atoms with Gasteiger partial charge in [0.05, 0.1) is 19.8 Å². The van der Waals surface area contributed by atoms with Crippen LogP contribution in [0.2, 0.25) is 0 Å². The van der Waals surface area contributed by atoms with Crippen molar-refractivity contribution in [2.24, 2.45) is 0 Å². The Bertz CT molecular complexity index is 549. The summed E-state index contributed by atoms with van der Waals surface area (Å²) in [5, 5.41) is 5.44. The molecule has 0 atom stereocenters. The van der Waals surface area contributed by atoms with Crippen LogP contribution in [0.5, 0.6) is 0 Å². The highest BCUT2D eigenvalue weighted by Crippen LogP contribution is 2.09. The van der Waals surface area contributed by atoms with Crippen LogP contribution in [0.4, 0.5) is 5.69 Å². The summed E-state index contributed by atoms with van der Waals surface area (Å²) in [5.41, 5.74) is 1.51. The molecule has 0 aliphatic heterocycles. The van der Waals surface area contributed by atoms with Crippen molar-refractivity contribution in [1.82, 2.24) is 5.32 Å². The number of amides is 2. The number of hydrogen-bond donors (Lipinski definition) is 2. The fourth-order valence-corrected chi connectivity index (χ4v) is 1.83. The fraction of sp³-hybridized carbons (Fsp3) is 0.444. The average molecular weight is 332 g/mol. The van der Waals surface area contributed by atoms with E-state index in [2.05, 4.69) is 16.6 Å². The van der Waals surface area contributed by atoms with E-state index in [9.17, 15) is 9.59 Å². The van der Waals surface area contributed by atoms with Gasteiger partial charge in [-0.2, -0.15) is 0 Å². The van der Waals surface area contributed by atoms with Crippen LogP contribution in [0.15, 0.2) is 24.3 Å². The summed E-state index contributed by atoms with van der Waals surface area (Å²) in [4.78, 5) is 22.4. The molecule has 0 aromatic heterocycles. The third kappa shape index (κ3) is 9.62. The van der Waals surface area contributed by atoms with Gasteiger partial charge in [0.25, 0.3) is 0 Å². The molecular formula is C18H24N2O4. The second kappa shape index (κ2) is 12.1. The third-order valence-corrected chi connectivity index (χ3v) is 3.02. The number of carbonyl (C=O) groups excluding carboxylic acids is 2. The van der Waals surface area contributed by atoms with Gasteiger partial charge < -0.3 is 20.1 Å². The molecule has 0 saturated heterocycles. The molecule has 0 heterocycles. The maximum absolute atomic E-state index is 11.8. The topological polar surface area (TPSA) is 76.7 Å². The van der Waals surface area contributed by atoms with Gasteiger partial charge in [-0.05, 0) is 30.7 Å². The van der Waals surface area contributed by atoms with E-state index in [0.717, 1.165) is 11.3 Å². The molecule has 2 N–H and O–H groups in total. The normalized spacial score (nSPS) is 10.0. The Kier molecular flexibility index (Phi) is 9.93. The van der Waals surface area contributed by atoms with E-state index in [-0.39, 0.29) is 11.8 Å². The Morgan fingerprint density at radius 2 is 1.75 bits per heavy atom. The van der Waals surface area contributed by atoms with Crippen LogP contribution in [0, 0.1) is 12.3 Å². The predicted molar refractivity (Wildman–Crippen MR) is 92.6 cm³/mol. The minimum absolute atomic E-state index is 0.0568. The lowest BCUT2D eigenvalue weighted by molar-refractivity contribution is -0.119. The van der Waals surface area contributed by atoms with Crippen molar-refractivity contribution in [2.75, 3.05) is 38.3 Å². The van der Waals surface area contributed by atoms with Crippen molar-refractivity contribution in [1.29, 1.82) is 0 Å². The first-order chi connectivity index (χ1) is 11.6. The predicted octanol–water partition coefficient (Wildman–Crippen LogP) is 1.56. The quantitative estimate of drug-likeness (QED) is 0.476. The van der Waals surface area contributed by atoms with Gasteiger partial charge in [0, 0.05) is 37.7 Å². The number of ether oxygens (including phenoxy) is 2. The van der Waals surface area contributed by atoms with Crippen molar-refractivity contribution >= 4 is 17.5 Å². The van der Waals surface area contributed by atoms with Gasteiger partial charge >= 0.3 is 0 Å². The van der Waals surface area contributed by atoms with Gasteiger partial charge in [-0.15, -0.1) is 6.42 Å². The average Bonchev–Trinajstić information content (AvgIpc) is 2.57. The second-order valence-electron chi connectivity index (χ2n) is 5.08.